The average Bonchev–Trinajstić information content (AvgIpc) is 3.57. The van der Waals surface area contributed by atoms with E-state index in [0.29, 0.717) is 48.0 Å². The van der Waals surface area contributed by atoms with Gasteiger partial charge in [-0.25, -0.2) is 13.2 Å². The molecule has 4 amide bonds. The maximum absolute atomic E-state index is 13.1. The van der Waals surface area contributed by atoms with Gasteiger partial charge in [-0.3, -0.25) is 9.59 Å². The van der Waals surface area contributed by atoms with Crippen molar-refractivity contribution < 1.29 is 36.0 Å². The Morgan fingerprint density at radius 1 is 1.07 bits per heavy atom. The molecule has 3 N–H and O–H groups in total. The summed E-state index contributed by atoms with van der Waals surface area (Å²) in [5.41, 5.74) is -0.652. The van der Waals surface area contributed by atoms with Gasteiger partial charge in [0.15, 0.2) is 0 Å². The smallest absolute Gasteiger partial charge is 0.336 e. The second-order valence-corrected chi connectivity index (χ2v) is 13.2. The number of hydrogen-bond donors (Lipinski definition) is 3. The van der Waals surface area contributed by atoms with E-state index in [0.717, 1.165) is 29.7 Å². The number of likely N-dealkylation sites (tertiary alicyclic amines) is 2. The fraction of sp³-hybridized carbons (Fsp3) is 0.423. The predicted molar refractivity (Wildman–Crippen MR) is 153 cm³/mol. The van der Waals surface area contributed by atoms with Crippen LogP contribution in [0.25, 0.3) is 6.08 Å². The van der Waals surface area contributed by atoms with Crippen LogP contribution >= 0.6 is 22.9 Å². The highest BCUT2D eigenvalue weighted by Crippen LogP contribution is 2.30. The molecular formula is C26H29ClF3N5O5S2. The van der Waals surface area contributed by atoms with E-state index in [1.165, 1.54) is 22.3 Å². The van der Waals surface area contributed by atoms with Crippen LogP contribution < -0.4 is 15.4 Å². The molecule has 2 aliphatic heterocycles. The largest absolute Gasteiger partial charge is 0.416 e. The molecule has 16 heteroatoms. The normalized spacial score (nSPS) is 19.9. The predicted octanol–water partition coefficient (Wildman–Crippen LogP) is 4.11. The van der Waals surface area contributed by atoms with Crippen molar-refractivity contribution in [3.8, 4) is 0 Å². The van der Waals surface area contributed by atoms with Crippen molar-refractivity contribution in [1.82, 2.24) is 19.8 Å². The van der Waals surface area contributed by atoms with Gasteiger partial charge in [-0.1, -0.05) is 11.6 Å². The summed E-state index contributed by atoms with van der Waals surface area (Å²) in [6.45, 7) is 0.616. The van der Waals surface area contributed by atoms with Crippen LogP contribution in [0.5, 0.6) is 0 Å². The van der Waals surface area contributed by atoms with Crippen molar-refractivity contribution in [2.45, 2.75) is 43.9 Å². The average molecular weight is 648 g/mol. The first-order valence-electron chi connectivity index (χ1n) is 13.1. The van der Waals surface area contributed by atoms with Crippen LogP contribution in [0.15, 0.2) is 41.8 Å². The number of thiophene rings is 1. The summed E-state index contributed by atoms with van der Waals surface area (Å²) in [6.07, 6.45) is -0.984. The number of sulfonamides is 1. The van der Waals surface area contributed by atoms with Crippen LogP contribution in [0, 0.1) is 0 Å². The second-order valence-electron chi connectivity index (χ2n) is 9.86. The zero-order valence-corrected chi connectivity index (χ0v) is 24.6. The third-order valence-electron chi connectivity index (χ3n) is 6.83. The lowest BCUT2D eigenvalue weighted by molar-refractivity contribution is -0.143. The number of anilines is 1. The molecule has 0 spiro atoms. The summed E-state index contributed by atoms with van der Waals surface area (Å²) < 4.78 is 66.2. The number of hydrogen-bond acceptors (Lipinski definition) is 6. The third kappa shape index (κ3) is 8.69. The molecule has 2 aromatic rings. The Morgan fingerprint density at radius 2 is 1.79 bits per heavy atom. The zero-order chi connectivity index (χ0) is 30.5. The number of carbonyl (C=O) groups is 3. The number of benzene rings is 1. The van der Waals surface area contributed by atoms with Gasteiger partial charge in [0, 0.05) is 41.6 Å². The summed E-state index contributed by atoms with van der Waals surface area (Å²) in [5, 5.41) is 6.07. The fourth-order valence-electron chi connectivity index (χ4n) is 4.78. The number of amides is 4. The fourth-order valence-corrected chi connectivity index (χ4v) is 6.85. The van der Waals surface area contributed by atoms with E-state index in [4.69, 9.17) is 11.6 Å². The molecular weight excluding hydrogens is 619 g/mol. The first-order valence-corrected chi connectivity index (χ1v) is 15.8. The van der Waals surface area contributed by atoms with Gasteiger partial charge in [0.2, 0.25) is 21.8 Å². The van der Waals surface area contributed by atoms with Crippen molar-refractivity contribution in [2.24, 2.45) is 0 Å². The highest BCUT2D eigenvalue weighted by molar-refractivity contribution is 7.92. The molecule has 1 aromatic carbocycles. The summed E-state index contributed by atoms with van der Waals surface area (Å²) in [7, 11) is -3.93. The summed E-state index contributed by atoms with van der Waals surface area (Å²) in [6, 6.07) is 5.37. The highest BCUT2D eigenvalue weighted by Gasteiger charge is 2.35. The molecule has 4 rings (SSSR count). The van der Waals surface area contributed by atoms with E-state index >= 15 is 0 Å². The molecule has 0 bridgehead atoms. The van der Waals surface area contributed by atoms with Gasteiger partial charge < -0.3 is 20.4 Å². The summed E-state index contributed by atoms with van der Waals surface area (Å²) >= 11 is 7.07. The zero-order valence-electron chi connectivity index (χ0n) is 22.2. The van der Waals surface area contributed by atoms with E-state index in [-0.39, 0.29) is 30.7 Å². The van der Waals surface area contributed by atoms with Crippen molar-refractivity contribution in [3.63, 3.8) is 0 Å². The minimum Gasteiger partial charge on any atom is -0.336 e. The SMILES string of the molecule is O=C(NC[C@H]1CCCN1C(=O)CN1CCC[C@H](NS(=O)(=O)C=Cc2ccc(Cl)s2)C1=O)Nc1ccc(C(F)(F)F)cc1. The van der Waals surface area contributed by atoms with Gasteiger partial charge in [0.25, 0.3) is 0 Å². The van der Waals surface area contributed by atoms with Crippen molar-refractivity contribution in [2.75, 3.05) is 31.5 Å². The monoisotopic (exact) mass is 647 g/mol. The van der Waals surface area contributed by atoms with Gasteiger partial charge in [-0.15, -0.1) is 11.3 Å². The number of nitrogens with one attached hydrogen (secondary N) is 3. The lowest BCUT2D eigenvalue weighted by Gasteiger charge is -2.34. The van der Waals surface area contributed by atoms with Crippen LogP contribution in [0.3, 0.4) is 0 Å². The number of halogens is 4. The van der Waals surface area contributed by atoms with Gasteiger partial charge in [0.05, 0.1) is 16.4 Å². The molecule has 2 aliphatic rings. The summed E-state index contributed by atoms with van der Waals surface area (Å²) in [4.78, 5) is 42.0. The van der Waals surface area contributed by atoms with Gasteiger partial charge >= 0.3 is 12.2 Å². The Hall–Kier alpha value is -3.14. The minimum atomic E-state index is -4.48. The second kappa shape index (κ2) is 13.4. The minimum absolute atomic E-state index is 0.108. The van der Waals surface area contributed by atoms with Crippen molar-refractivity contribution >= 4 is 62.6 Å². The van der Waals surface area contributed by atoms with E-state index < -0.39 is 39.7 Å². The van der Waals surface area contributed by atoms with Crippen LogP contribution in [0.2, 0.25) is 4.34 Å². The van der Waals surface area contributed by atoms with Crippen molar-refractivity contribution in [1.29, 1.82) is 0 Å². The van der Waals surface area contributed by atoms with E-state index in [1.807, 2.05) is 0 Å². The van der Waals surface area contributed by atoms with E-state index in [1.54, 1.807) is 17.0 Å². The molecule has 2 fully saturated rings. The Labute approximate surface area is 249 Å². The van der Waals surface area contributed by atoms with Gasteiger partial charge in [-0.05, 0) is 68.2 Å². The Balaban J connectivity index is 1.27. The van der Waals surface area contributed by atoms with Crippen molar-refractivity contribution in [3.05, 3.63) is 56.6 Å². The number of urea groups is 1. The maximum atomic E-state index is 13.1. The molecule has 0 saturated carbocycles. The molecule has 1 aromatic heterocycles. The molecule has 0 unspecified atom stereocenters. The van der Waals surface area contributed by atoms with Crippen LogP contribution in [-0.2, 0) is 25.8 Å². The number of alkyl halides is 3. The molecule has 10 nitrogen and oxygen atoms in total. The molecule has 2 atom stereocenters. The molecule has 2 saturated heterocycles. The standard InChI is InChI=1S/C26H29ClF3N5O5S2/c27-22-10-9-20(41-22)11-14-42(39,40)33-21-4-2-12-34(24(21)37)16-23(36)35-13-1-3-19(35)15-31-25(38)32-18-7-5-17(6-8-18)26(28,29)30/h5-11,14,19,21,33H,1-4,12-13,15-16H2,(H2,31,32,38)/t19-,21+/m1/s1. The summed E-state index contributed by atoms with van der Waals surface area (Å²) in [5.74, 6) is -0.815. The first kappa shape index (κ1) is 31.8. The number of nitrogens with zero attached hydrogens (tertiary/aromatic N) is 2. The Bertz CT molecular complexity index is 1430. The Morgan fingerprint density at radius 3 is 2.45 bits per heavy atom. The van der Waals surface area contributed by atoms with Gasteiger partial charge in [-0.2, -0.15) is 17.9 Å². The van der Waals surface area contributed by atoms with Crippen LogP contribution in [-0.4, -0.2) is 74.3 Å². The lowest BCUT2D eigenvalue weighted by Crippen LogP contribution is -2.55. The molecule has 42 heavy (non-hydrogen) atoms. The first-order chi connectivity index (χ1) is 19.8. The maximum Gasteiger partial charge on any atom is 0.416 e. The third-order valence-corrected chi connectivity index (χ3v) is 9.14. The topological polar surface area (TPSA) is 128 Å². The number of rotatable bonds is 9. The molecule has 0 radical (unpaired) electrons. The Kier molecular flexibility index (Phi) is 10.2. The van der Waals surface area contributed by atoms with E-state index in [9.17, 15) is 36.0 Å². The van der Waals surface area contributed by atoms with Crippen LogP contribution in [0.1, 0.15) is 36.1 Å². The molecule has 3 heterocycles. The molecule has 228 valence electrons. The number of piperidine rings is 1. The molecule has 0 aliphatic carbocycles. The quantitative estimate of drug-likeness (QED) is 0.378. The lowest BCUT2D eigenvalue weighted by atomic mass is 10.1. The highest BCUT2D eigenvalue weighted by atomic mass is 35.5. The number of carbonyl (C=O) groups excluding carboxylic acids is 3. The van der Waals surface area contributed by atoms with Crippen LogP contribution in [0.4, 0.5) is 23.7 Å². The van der Waals surface area contributed by atoms with Gasteiger partial charge in [0.1, 0.15) is 6.04 Å². The van der Waals surface area contributed by atoms with E-state index in [2.05, 4.69) is 15.4 Å².